The van der Waals surface area contributed by atoms with Crippen molar-refractivity contribution >= 4 is 17.1 Å². The molecule has 3 fully saturated rings. The second-order valence-electron chi connectivity index (χ2n) is 11.3. The van der Waals surface area contributed by atoms with Crippen LogP contribution < -0.4 is 4.90 Å². The Hall–Kier alpha value is -2.90. The van der Waals surface area contributed by atoms with Gasteiger partial charge in [0.25, 0.3) is 0 Å². The molecule has 196 valence electrons. The molecule has 1 aromatic carbocycles. The number of anilines is 1. The average molecular weight is 502 g/mol. The minimum Gasteiger partial charge on any atom is -0.393 e. The number of fused-ring (bicyclic) bond motifs is 1. The van der Waals surface area contributed by atoms with Crippen LogP contribution in [0.15, 0.2) is 48.8 Å². The van der Waals surface area contributed by atoms with Crippen LogP contribution in [0.4, 0.5) is 5.69 Å². The Morgan fingerprint density at radius 1 is 1.03 bits per heavy atom. The van der Waals surface area contributed by atoms with Gasteiger partial charge in [-0.25, -0.2) is 4.52 Å². The molecule has 37 heavy (non-hydrogen) atoms. The van der Waals surface area contributed by atoms with Crippen LogP contribution in [0.5, 0.6) is 0 Å². The van der Waals surface area contributed by atoms with E-state index in [1.807, 2.05) is 15.6 Å². The monoisotopic (exact) mass is 501 g/mol. The van der Waals surface area contributed by atoms with E-state index in [2.05, 4.69) is 71.3 Å². The minimum atomic E-state index is -0.297. The summed E-state index contributed by atoms with van der Waals surface area (Å²) in [6, 6.07) is 13.6. The van der Waals surface area contributed by atoms with Gasteiger partial charge >= 0.3 is 0 Å². The Labute approximate surface area is 219 Å². The zero-order valence-corrected chi connectivity index (χ0v) is 22.1. The molecule has 0 radical (unpaired) electrons. The number of likely N-dealkylation sites (tertiary alicyclic amines) is 1. The fourth-order valence-electron chi connectivity index (χ4n) is 6.48. The molecule has 0 bridgehead atoms. The van der Waals surface area contributed by atoms with Crippen LogP contribution in [0.2, 0.25) is 0 Å². The highest BCUT2D eigenvalue weighted by Gasteiger charge is 2.38. The van der Waals surface area contributed by atoms with Gasteiger partial charge in [-0.2, -0.15) is 5.10 Å². The van der Waals surface area contributed by atoms with Gasteiger partial charge in [-0.15, -0.1) is 0 Å². The van der Waals surface area contributed by atoms with Crippen LogP contribution in [0.25, 0.3) is 16.6 Å². The van der Waals surface area contributed by atoms with Crippen molar-refractivity contribution in [1.82, 2.24) is 19.4 Å². The maximum atomic E-state index is 12.9. The summed E-state index contributed by atoms with van der Waals surface area (Å²) in [5.74, 6) is 0.877. The van der Waals surface area contributed by atoms with Crippen LogP contribution in [0.1, 0.15) is 51.0 Å². The van der Waals surface area contributed by atoms with E-state index in [0.29, 0.717) is 25.3 Å². The Morgan fingerprint density at radius 2 is 1.78 bits per heavy atom. The van der Waals surface area contributed by atoms with Crippen molar-refractivity contribution in [3.05, 3.63) is 54.4 Å². The Balaban J connectivity index is 1.17. The maximum absolute atomic E-state index is 12.9. The number of hydrogen-bond donors (Lipinski definition) is 1. The zero-order valence-electron chi connectivity index (χ0n) is 22.1. The fraction of sp³-hybridized carbons (Fsp3) is 0.533. The lowest BCUT2D eigenvalue weighted by molar-refractivity contribution is -0.144. The second-order valence-corrected chi connectivity index (χ2v) is 11.3. The van der Waals surface area contributed by atoms with Gasteiger partial charge in [0.1, 0.15) is 0 Å². The lowest BCUT2D eigenvalue weighted by atomic mass is 9.81. The summed E-state index contributed by atoms with van der Waals surface area (Å²) in [4.78, 5) is 19.8. The largest absolute Gasteiger partial charge is 0.393 e. The van der Waals surface area contributed by atoms with Gasteiger partial charge in [0.2, 0.25) is 5.91 Å². The number of rotatable bonds is 5. The molecule has 3 aliphatic rings. The summed E-state index contributed by atoms with van der Waals surface area (Å²) in [6.07, 6.45) is 7.42. The third-order valence-corrected chi connectivity index (χ3v) is 8.95. The van der Waals surface area contributed by atoms with E-state index in [-0.39, 0.29) is 24.0 Å². The number of piperazine rings is 1. The number of aromatic nitrogens is 2. The smallest absolute Gasteiger partial charge is 0.226 e. The van der Waals surface area contributed by atoms with E-state index < -0.39 is 0 Å². The molecule has 1 atom stereocenters. The van der Waals surface area contributed by atoms with E-state index in [0.717, 1.165) is 25.2 Å². The number of piperidine rings is 1. The van der Waals surface area contributed by atoms with Crippen molar-refractivity contribution in [2.75, 3.05) is 44.2 Å². The number of hydrogen-bond acceptors (Lipinski definition) is 5. The molecule has 1 N–H and O–H groups in total. The van der Waals surface area contributed by atoms with Crippen LogP contribution in [0, 0.1) is 5.92 Å². The molecular formula is C30H39N5O2. The molecule has 7 heteroatoms. The Kier molecular flexibility index (Phi) is 6.67. The number of aliphatic hydroxyl groups excluding tert-OH is 1. The molecule has 2 saturated heterocycles. The number of carbonyl (C=O) groups is 1. The summed E-state index contributed by atoms with van der Waals surface area (Å²) in [7, 11) is 0. The second kappa shape index (κ2) is 10.1. The summed E-state index contributed by atoms with van der Waals surface area (Å²) >= 11 is 0. The third kappa shape index (κ3) is 4.75. The van der Waals surface area contributed by atoms with Crippen LogP contribution in [0.3, 0.4) is 0 Å². The highest BCUT2D eigenvalue weighted by Crippen LogP contribution is 2.34. The van der Waals surface area contributed by atoms with Gasteiger partial charge in [0.15, 0.2) is 0 Å². The molecule has 2 aliphatic heterocycles. The molecule has 2 aromatic heterocycles. The number of aliphatic hydroxyl groups is 1. The minimum absolute atomic E-state index is 0.000330. The SMILES string of the molecule is CCN1CCC(c2ccc(-c3cc4c(N5CCN(C(=O)[C@H]6C[C@H](O)C6)[C@H](C)C5)ccnn4c3)cc2)CC1. The lowest BCUT2D eigenvalue weighted by Gasteiger charge is -2.44. The molecule has 4 heterocycles. The van der Waals surface area contributed by atoms with Crippen molar-refractivity contribution in [2.24, 2.45) is 5.92 Å². The molecule has 3 aromatic rings. The fourth-order valence-corrected chi connectivity index (χ4v) is 6.48. The topological polar surface area (TPSA) is 64.3 Å². The van der Waals surface area contributed by atoms with Crippen molar-refractivity contribution in [1.29, 1.82) is 0 Å². The van der Waals surface area contributed by atoms with Gasteiger partial charge in [-0.3, -0.25) is 4.79 Å². The van der Waals surface area contributed by atoms with Crippen molar-refractivity contribution in [2.45, 2.75) is 57.6 Å². The van der Waals surface area contributed by atoms with Gasteiger partial charge in [0.05, 0.1) is 17.3 Å². The van der Waals surface area contributed by atoms with Gasteiger partial charge in [-0.05, 0) is 81.4 Å². The van der Waals surface area contributed by atoms with E-state index in [9.17, 15) is 9.90 Å². The first-order valence-corrected chi connectivity index (χ1v) is 14.0. The number of nitrogens with zero attached hydrogens (tertiary/aromatic N) is 5. The standard InChI is InChI=1S/C30H39N5O2/c1-3-32-12-9-24(10-13-32)22-4-6-23(7-5-22)26-18-29-28(8-11-31-35(29)20-26)33-14-15-34(21(2)19-33)30(37)25-16-27(36)17-25/h4-8,11,18,20-21,24-25,27,36H,3,9-10,12-17,19H2,1-2H3/t21-,25-,27-/m1/s1. The Bertz CT molecular complexity index is 1240. The van der Waals surface area contributed by atoms with Gasteiger partial charge in [0, 0.05) is 49.6 Å². The molecular weight excluding hydrogens is 462 g/mol. The first kappa shape index (κ1) is 24.4. The highest BCUT2D eigenvalue weighted by molar-refractivity contribution is 5.82. The van der Waals surface area contributed by atoms with Crippen molar-refractivity contribution < 1.29 is 9.90 Å². The third-order valence-electron chi connectivity index (χ3n) is 8.95. The predicted molar refractivity (Wildman–Crippen MR) is 147 cm³/mol. The van der Waals surface area contributed by atoms with E-state index >= 15 is 0 Å². The van der Waals surface area contributed by atoms with Crippen LogP contribution in [-0.2, 0) is 4.79 Å². The molecule has 1 saturated carbocycles. The van der Waals surface area contributed by atoms with Gasteiger partial charge in [-0.1, -0.05) is 31.2 Å². The predicted octanol–water partition coefficient (Wildman–Crippen LogP) is 4.01. The van der Waals surface area contributed by atoms with Crippen molar-refractivity contribution in [3.8, 4) is 11.1 Å². The van der Waals surface area contributed by atoms with E-state index in [4.69, 9.17) is 0 Å². The maximum Gasteiger partial charge on any atom is 0.226 e. The van der Waals surface area contributed by atoms with Crippen LogP contribution >= 0.6 is 0 Å². The molecule has 1 amide bonds. The molecule has 6 rings (SSSR count). The summed E-state index contributed by atoms with van der Waals surface area (Å²) < 4.78 is 1.98. The van der Waals surface area contributed by atoms with Gasteiger partial charge < -0.3 is 19.8 Å². The number of benzene rings is 1. The Morgan fingerprint density at radius 3 is 2.46 bits per heavy atom. The first-order valence-electron chi connectivity index (χ1n) is 14.0. The summed E-state index contributed by atoms with van der Waals surface area (Å²) in [6.45, 7) is 10.3. The van der Waals surface area contributed by atoms with Crippen molar-refractivity contribution in [3.63, 3.8) is 0 Å². The first-order chi connectivity index (χ1) is 18.0. The normalized spacial score (nSPS) is 25.4. The van der Waals surface area contributed by atoms with E-state index in [1.54, 1.807) is 0 Å². The molecule has 0 spiro atoms. The lowest BCUT2D eigenvalue weighted by Crippen LogP contribution is -2.57. The van der Waals surface area contributed by atoms with Crippen LogP contribution in [-0.4, -0.2) is 81.8 Å². The summed E-state index contributed by atoms with van der Waals surface area (Å²) in [5.41, 5.74) is 6.12. The molecule has 0 unspecified atom stereocenters. The molecule has 1 aliphatic carbocycles. The quantitative estimate of drug-likeness (QED) is 0.572. The zero-order chi connectivity index (χ0) is 25.5. The average Bonchev–Trinajstić information content (AvgIpc) is 3.36. The molecule has 7 nitrogen and oxygen atoms in total. The van der Waals surface area contributed by atoms with E-state index in [1.165, 1.54) is 48.3 Å². The highest BCUT2D eigenvalue weighted by atomic mass is 16.3. The number of amides is 1. The number of carbonyl (C=O) groups excluding carboxylic acids is 1. The summed E-state index contributed by atoms with van der Waals surface area (Å²) in [5, 5.41) is 14.2.